The predicted molar refractivity (Wildman–Crippen MR) is 121 cm³/mol. The molecule has 0 atom stereocenters. The van der Waals surface area contributed by atoms with Gasteiger partial charge >= 0.3 is 0 Å². The first-order chi connectivity index (χ1) is 11.9. The fourth-order valence-corrected chi connectivity index (χ4v) is 3.75. The zero-order chi connectivity index (χ0) is 18.3. The van der Waals surface area contributed by atoms with Gasteiger partial charge in [0, 0.05) is 24.2 Å². The zero-order valence-corrected chi connectivity index (χ0v) is 19.2. The van der Waals surface area contributed by atoms with Crippen LogP contribution in [0, 0.1) is 6.92 Å². The molecule has 0 amide bonds. The van der Waals surface area contributed by atoms with Gasteiger partial charge in [0.15, 0.2) is 15.8 Å². The topological polar surface area (TPSA) is 70.6 Å². The van der Waals surface area contributed by atoms with E-state index >= 15 is 0 Å². The molecule has 0 saturated carbocycles. The number of guanidine groups is 1. The number of benzene rings is 1. The molecule has 0 aliphatic heterocycles. The molecular formula is C18H26IN3O2S2. The molecule has 0 aliphatic carbocycles. The number of sulfone groups is 1. The number of nitrogens with zero attached hydrogens (tertiary/aromatic N) is 1. The Labute approximate surface area is 177 Å². The average molecular weight is 507 g/mol. The Hall–Kier alpha value is -1.13. The summed E-state index contributed by atoms with van der Waals surface area (Å²) in [5.41, 5.74) is 2.36. The molecule has 0 saturated heterocycles. The van der Waals surface area contributed by atoms with Gasteiger partial charge in [0.05, 0.1) is 11.4 Å². The number of halogens is 1. The molecule has 0 aliphatic rings. The van der Waals surface area contributed by atoms with Gasteiger partial charge < -0.3 is 10.6 Å². The molecule has 2 N–H and O–H groups in total. The number of aliphatic imine (C=N–C) groups is 1. The quantitative estimate of drug-likeness (QED) is 0.343. The van der Waals surface area contributed by atoms with Gasteiger partial charge in [-0.15, -0.1) is 35.3 Å². The molecule has 2 aromatic rings. The lowest BCUT2D eigenvalue weighted by Crippen LogP contribution is -2.38. The van der Waals surface area contributed by atoms with Gasteiger partial charge in [-0.3, -0.25) is 0 Å². The van der Waals surface area contributed by atoms with Gasteiger partial charge in [-0.1, -0.05) is 12.1 Å². The van der Waals surface area contributed by atoms with Crippen molar-refractivity contribution in [2.75, 3.05) is 19.3 Å². The lowest BCUT2D eigenvalue weighted by molar-refractivity contribution is 0.602. The van der Waals surface area contributed by atoms with Crippen molar-refractivity contribution in [3.63, 3.8) is 0 Å². The Morgan fingerprint density at radius 3 is 2.38 bits per heavy atom. The second-order valence-corrected chi connectivity index (χ2v) is 8.83. The van der Waals surface area contributed by atoms with E-state index in [1.54, 1.807) is 23.5 Å². The van der Waals surface area contributed by atoms with E-state index in [4.69, 9.17) is 0 Å². The van der Waals surface area contributed by atoms with Gasteiger partial charge in [0.25, 0.3) is 0 Å². The maximum Gasteiger partial charge on any atom is 0.191 e. The van der Waals surface area contributed by atoms with Crippen LogP contribution in [0.25, 0.3) is 0 Å². The summed E-state index contributed by atoms with van der Waals surface area (Å²) >= 11 is 1.72. The molecule has 1 heterocycles. The van der Waals surface area contributed by atoms with E-state index in [1.807, 2.05) is 19.1 Å². The first-order valence-corrected chi connectivity index (χ1v) is 11.0. The second-order valence-electron chi connectivity index (χ2n) is 5.81. The highest BCUT2D eigenvalue weighted by molar-refractivity contribution is 14.0. The van der Waals surface area contributed by atoms with Crippen LogP contribution >= 0.6 is 35.3 Å². The van der Waals surface area contributed by atoms with E-state index in [0.29, 0.717) is 11.4 Å². The van der Waals surface area contributed by atoms with Gasteiger partial charge in [0.2, 0.25) is 0 Å². The summed E-state index contributed by atoms with van der Waals surface area (Å²) in [6, 6.07) is 9.14. The number of hydrogen-bond acceptors (Lipinski definition) is 4. The predicted octanol–water partition coefficient (Wildman–Crippen LogP) is 3.38. The van der Waals surface area contributed by atoms with Crippen molar-refractivity contribution in [3.05, 3.63) is 51.7 Å². The summed E-state index contributed by atoms with van der Waals surface area (Å²) in [5, 5.41) is 8.65. The molecule has 0 bridgehead atoms. The molecule has 0 spiro atoms. The van der Waals surface area contributed by atoms with E-state index in [2.05, 4.69) is 34.0 Å². The minimum atomic E-state index is -3.14. The van der Waals surface area contributed by atoms with Crippen molar-refractivity contribution in [1.29, 1.82) is 0 Å². The molecule has 1 aromatic carbocycles. The first kappa shape index (κ1) is 22.9. The van der Waals surface area contributed by atoms with Crippen LogP contribution in [0.3, 0.4) is 0 Å². The molecule has 0 radical (unpaired) electrons. The highest BCUT2D eigenvalue weighted by Crippen LogP contribution is 2.16. The zero-order valence-electron chi connectivity index (χ0n) is 15.3. The number of thiophene rings is 1. The smallest absolute Gasteiger partial charge is 0.191 e. The lowest BCUT2D eigenvalue weighted by atomic mass is 10.1. The van der Waals surface area contributed by atoms with Crippen LogP contribution in [0.5, 0.6) is 0 Å². The van der Waals surface area contributed by atoms with Crippen molar-refractivity contribution in [2.45, 2.75) is 31.7 Å². The standard InChI is InChI=1S/C18H25N3O2S2.HI/c1-4-19-18(21-13-17-14(2)10-12-24-17)20-11-9-15-5-7-16(8-6-15)25(3,22)23;/h5-8,10,12H,4,9,11,13H2,1-3H3,(H2,19,20,21);1H. The Kier molecular flexibility index (Phi) is 9.59. The van der Waals surface area contributed by atoms with Gasteiger partial charge in [-0.25, -0.2) is 13.4 Å². The van der Waals surface area contributed by atoms with E-state index in [9.17, 15) is 8.42 Å². The largest absolute Gasteiger partial charge is 0.357 e. The maximum absolute atomic E-state index is 11.5. The fraction of sp³-hybridized carbons (Fsp3) is 0.389. The van der Waals surface area contributed by atoms with Crippen molar-refractivity contribution in [3.8, 4) is 0 Å². The minimum absolute atomic E-state index is 0. The van der Waals surface area contributed by atoms with Gasteiger partial charge in [0.1, 0.15) is 0 Å². The summed E-state index contributed by atoms with van der Waals surface area (Å²) in [6.07, 6.45) is 2.02. The third-order valence-corrected chi connectivity index (χ3v) is 5.89. The van der Waals surface area contributed by atoms with Crippen LogP contribution in [0.2, 0.25) is 0 Å². The third-order valence-electron chi connectivity index (χ3n) is 3.75. The van der Waals surface area contributed by atoms with Crippen molar-refractivity contribution in [2.24, 2.45) is 4.99 Å². The number of hydrogen-bond donors (Lipinski definition) is 2. The van der Waals surface area contributed by atoms with Gasteiger partial charge in [-0.05, 0) is 55.0 Å². The number of aryl methyl sites for hydroxylation is 1. The summed E-state index contributed by atoms with van der Waals surface area (Å²) in [7, 11) is -3.14. The second kappa shape index (κ2) is 10.9. The average Bonchev–Trinajstić information content (AvgIpc) is 2.97. The molecule has 26 heavy (non-hydrogen) atoms. The Balaban J connectivity index is 0.00000338. The Morgan fingerprint density at radius 2 is 1.85 bits per heavy atom. The summed E-state index contributed by atoms with van der Waals surface area (Å²) in [6.45, 7) is 6.34. The van der Waals surface area contributed by atoms with E-state index in [-0.39, 0.29) is 24.0 Å². The molecule has 0 unspecified atom stereocenters. The van der Waals surface area contributed by atoms with Crippen LogP contribution in [-0.2, 0) is 22.8 Å². The van der Waals surface area contributed by atoms with Crippen LogP contribution in [-0.4, -0.2) is 33.7 Å². The molecule has 0 fully saturated rings. The fourth-order valence-electron chi connectivity index (χ4n) is 2.29. The maximum atomic E-state index is 11.5. The third kappa shape index (κ3) is 7.24. The molecule has 5 nitrogen and oxygen atoms in total. The SMILES string of the molecule is CCNC(=NCc1sccc1C)NCCc1ccc(S(C)(=O)=O)cc1.I. The van der Waals surface area contributed by atoms with Crippen molar-refractivity contribution in [1.82, 2.24) is 10.6 Å². The van der Waals surface area contributed by atoms with E-state index in [0.717, 1.165) is 31.0 Å². The van der Waals surface area contributed by atoms with E-state index < -0.39 is 9.84 Å². The molecular weight excluding hydrogens is 481 g/mol. The van der Waals surface area contributed by atoms with Gasteiger partial charge in [-0.2, -0.15) is 0 Å². The molecule has 144 valence electrons. The summed E-state index contributed by atoms with van der Waals surface area (Å²) in [4.78, 5) is 6.24. The molecule has 1 aromatic heterocycles. The van der Waals surface area contributed by atoms with Crippen LogP contribution in [0.1, 0.15) is 22.9 Å². The van der Waals surface area contributed by atoms with Crippen molar-refractivity contribution < 1.29 is 8.42 Å². The Bertz CT molecular complexity index is 815. The molecule has 8 heteroatoms. The Morgan fingerprint density at radius 1 is 1.15 bits per heavy atom. The van der Waals surface area contributed by atoms with Crippen LogP contribution in [0.15, 0.2) is 45.6 Å². The van der Waals surface area contributed by atoms with Crippen molar-refractivity contribution >= 4 is 51.1 Å². The highest BCUT2D eigenvalue weighted by atomic mass is 127. The lowest BCUT2D eigenvalue weighted by Gasteiger charge is -2.11. The first-order valence-electron chi connectivity index (χ1n) is 8.24. The summed E-state index contributed by atoms with van der Waals surface area (Å²) < 4.78 is 23.0. The normalized spacial score (nSPS) is 11.7. The van der Waals surface area contributed by atoms with Crippen LogP contribution < -0.4 is 10.6 Å². The number of rotatable bonds is 7. The minimum Gasteiger partial charge on any atom is -0.357 e. The monoisotopic (exact) mass is 507 g/mol. The van der Waals surface area contributed by atoms with Crippen LogP contribution in [0.4, 0.5) is 0 Å². The molecule has 2 rings (SSSR count). The summed E-state index contributed by atoms with van der Waals surface area (Å²) in [5.74, 6) is 0.794. The number of nitrogens with one attached hydrogen (secondary N) is 2. The van der Waals surface area contributed by atoms with E-state index in [1.165, 1.54) is 16.7 Å². The highest BCUT2D eigenvalue weighted by Gasteiger charge is 2.06.